The molecule has 1 rings (SSSR count). The Hall–Kier alpha value is -1.33. The number of nitrogens with one attached hydrogen (secondary N) is 1. The minimum Gasteiger partial charge on any atom is -0.423 e. The molecule has 0 aromatic carbocycles. The maximum Gasteiger partial charge on any atom is 0.491 e. The van der Waals surface area contributed by atoms with Gasteiger partial charge in [0.2, 0.25) is 6.41 Å². The quantitative estimate of drug-likeness (QED) is 0.496. The van der Waals surface area contributed by atoms with Gasteiger partial charge < -0.3 is 15.0 Å². The Kier molecular flexibility index (Phi) is 3.68. The first-order valence-corrected chi connectivity index (χ1v) is 4.25. The molecule has 0 saturated carbocycles. The van der Waals surface area contributed by atoms with E-state index in [1.807, 2.05) is 0 Å². The molecule has 2 N–H and O–H groups in total. The van der Waals surface area contributed by atoms with Gasteiger partial charge in [0.25, 0.3) is 0 Å². The zero-order valence-corrected chi connectivity index (χ0v) is 7.99. The van der Waals surface area contributed by atoms with Crippen LogP contribution in [0, 0.1) is 0 Å². The molecule has 0 atom stereocenters. The number of amides is 1. The molecule has 0 aliphatic carbocycles. The van der Waals surface area contributed by atoms with Crippen LogP contribution in [0.1, 0.15) is 6.92 Å². The minimum atomic E-state index is -0.939. The fourth-order valence-electron chi connectivity index (χ4n) is 1.14. The van der Waals surface area contributed by atoms with Crippen molar-refractivity contribution in [3.8, 4) is 0 Å². The molecule has 14 heavy (non-hydrogen) atoms. The van der Waals surface area contributed by atoms with Crippen LogP contribution in [0.2, 0.25) is 0 Å². The Morgan fingerprint density at radius 3 is 2.93 bits per heavy atom. The molecule has 1 aliphatic heterocycles. The molecule has 0 spiro atoms. The largest absolute Gasteiger partial charge is 0.491 e. The van der Waals surface area contributed by atoms with Gasteiger partial charge in [-0.25, -0.2) is 0 Å². The number of hydrogen-bond acceptors (Lipinski definition) is 3. The number of carbonyl (C=O) groups is 1. The second-order valence-corrected chi connectivity index (χ2v) is 2.87. The van der Waals surface area contributed by atoms with Crippen molar-refractivity contribution in [2.24, 2.45) is 0 Å². The van der Waals surface area contributed by atoms with Gasteiger partial charge in [-0.15, -0.1) is 0 Å². The molecule has 1 aliphatic rings. The summed E-state index contributed by atoms with van der Waals surface area (Å²) in [6, 6.07) is 0. The molecule has 1 amide bonds. The fraction of sp³-hybridized carbons (Fsp3) is 0.222. The number of allylic oxidation sites excluding steroid dienone is 2. The van der Waals surface area contributed by atoms with Crippen molar-refractivity contribution in [1.82, 2.24) is 5.32 Å². The zero-order chi connectivity index (χ0) is 10.6. The van der Waals surface area contributed by atoms with Gasteiger partial charge >= 0.3 is 7.12 Å². The molecule has 1 heterocycles. The highest BCUT2D eigenvalue weighted by Gasteiger charge is 2.29. The second kappa shape index (κ2) is 4.78. The predicted molar refractivity (Wildman–Crippen MR) is 54.1 cm³/mol. The average Bonchev–Trinajstić information content (AvgIpc) is 2.48. The van der Waals surface area contributed by atoms with Gasteiger partial charge in [0.05, 0.1) is 6.61 Å². The lowest BCUT2D eigenvalue weighted by Crippen LogP contribution is -2.15. The lowest BCUT2D eigenvalue weighted by atomic mass is 9.77. The van der Waals surface area contributed by atoms with E-state index in [-0.39, 0.29) is 0 Å². The van der Waals surface area contributed by atoms with Gasteiger partial charge in [0, 0.05) is 5.70 Å². The zero-order valence-electron chi connectivity index (χ0n) is 7.99. The highest BCUT2D eigenvalue weighted by Crippen LogP contribution is 2.20. The van der Waals surface area contributed by atoms with Crippen molar-refractivity contribution in [3.63, 3.8) is 0 Å². The van der Waals surface area contributed by atoms with Gasteiger partial charge in [0.15, 0.2) is 0 Å². The van der Waals surface area contributed by atoms with E-state index in [4.69, 9.17) is 4.65 Å². The van der Waals surface area contributed by atoms with Crippen molar-refractivity contribution >= 4 is 13.5 Å². The summed E-state index contributed by atoms with van der Waals surface area (Å²) < 4.78 is 4.95. The molecule has 74 valence electrons. The Morgan fingerprint density at radius 2 is 2.50 bits per heavy atom. The Balaban J connectivity index is 2.84. The van der Waals surface area contributed by atoms with E-state index in [1.165, 1.54) is 0 Å². The van der Waals surface area contributed by atoms with Crippen LogP contribution in [0.4, 0.5) is 0 Å². The van der Waals surface area contributed by atoms with E-state index in [0.29, 0.717) is 24.2 Å². The molecular formula is C9H12BNO3. The highest BCUT2D eigenvalue weighted by molar-refractivity contribution is 6.55. The van der Waals surface area contributed by atoms with E-state index in [2.05, 4.69) is 11.9 Å². The third-order valence-electron chi connectivity index (χ3n) is 1.94. The summed E-state index contributed by atoms with van der Waals surface area (Å²) in [5, 5.41) is 11.9. The molecule has 5 heteroatoms. The number of rotatable bonds is 3. The van der Waals surface area contributed by atoms with Crippen LogP contribution in [0.3, 0.4) is 0 Å². The summed E-state index contributed by atoms with van der Waals surface area (Å²) >= 11 is 0. The molecule has 4 nitrogen and oxygen atoms in total. The third kappa shape index (κ3) is 2.34. The van der Waals surface area contributed by atoms with Crippen LogP contribution in [0.15, 0.2) is 35.5 Å². The van der Waals surface area contributed by atoms with E-state index >= 15 is 0 Å². The molecule has 1 saturated heterocycles. The summed E-state index contributed by atoms with van der Waals surface area (Å²) in [6.07, 6.45) is 3.95. The minimum absolute atomic E-state index is 0.324. The maximum atomic E-state index is 10.2. The fourth-order valence-corrected chi connectivity index (χ4v) is 1.14. The van der Waals surface area contributed by atoms with Crippen molar-refractivity contribution in [2.45, 2.75) is 6.92 Å². The first kappa shape index (κ1) is 10.8. The lowest BCUT2D eigenvalue weighted by Gasteiger charge is -2.02. The summed E-state index contributed by atoms with van der Waals surface area (Å²) in [6.45, 7) is 5.85. The molecule has 1 fully saturated rings. The highest BCUT2D eigenvalue weighted by atomic mass is 16.5. The van der Waals surface area contributed by atoms with Gasteiger partial charge in [-0.2, -0.15) is 0 Å². The van der Waals surface area contributed by atoms with Crippen LogP contribution in [-0.4, -0.2) is 25.2 Å². The van der Waals surface area contributed by atoms with Crippen molar-refractivity contribution in [1.29, 1.82) is 0 Å². The van der Waals surface area contributed by atoms with Crippen LogP contribution in [-0.2, 0) is 9.45 Å². The van der Waals surface area contributed by atoms with E-state index in [9.17, 15) is 9.82 Å². The van der Waals surface area contributed by atoms with Crippen LogP contribution >= 0.6 is 0 Å². The van der Waals surface area contributed by atoms with Gasteiger partial charge in [-0.3, -0.25) is 4.79 Å². The Labute approximate surface area is 83.1 Å². The normalized spacial score (nSPS) is 20.4. The summed E-state index contributed by atoms with van der Waals surface area (Å²) in [4.78, 5) is 10.2. The summed E-state index contributed by atoms with van der Waals surface area (Å²) in [5.41, 5.74) is 1.94. The van der Waals surface area contributed by atoms with Crippen LogP contribution < -0.4 is 5.32 Å². The standard InChI is InChI=1S/C9H12BNO3/c1-3-8(11-6-12)4-9-7(2)5-14-10(9)13/h3-4,6,13H,2,5H2,1H3,(H,11,12)/b8-3+,9-4+. The second-order valence-electron chi connectivity index (χ2n) is 2.87. The maximum absolute atomic E-state index is 10.2. The SMILES string of the molecule is C=C1COB(O)/C1=C/C(=C\C)NC=O. The Bertz CT molecular complexity index is 309. The monoisotopic (exact) mass is 193 g/mol. The van der Waals surface area contributed by atoms with Crippen molar-refractivity contribution in [2.75, 3.05) is 6.61 Å². The predicted octanol–water partition coefficient (Wildman–Crippen LogP) is 0.169. The summed E-state index contributed by atoms with van der Waals surface area (Å²) in [7, 11) is -0.939. The number of hydrogen-bond donors (Lipinski definition) is 2. The Morgan fingerprint density at radius 1 is 1.79 bits per heavy atom. The van der Waals surface area contributed by atoms with Gasteiger partial charge in [0.1, 0.15) is 0 Å². The molecule has 0 bridgehead atoms. The van der Waals surface area contributed by atoms with Gasteiger partial charge in [-0.1, -0.05) is 12.7 Å². The smallest absolute Gasteiger partial charge is 0.423 e. The molecule has 0 aromatic heterocycles. The third-order valence-corrected chi connectivity index (χ3v) is 1.94. The molecular weight excluding hydrogens is 181 g/mol. The van der Waals surface area contributed by atoms with Gasteiger partial charge in [-0.05, 0) is 24.0 Å². The first-order valence-electron chi connectivity index (χ1n) is 4.25. The topological polar surface area (TPSA) is 58.6 Å². The molecule has 0 unspecified atom stereocenters. The average molecular weight is 193 g/mol. The molecule has 0 radical (unpaired) electrons. The van der Waals surface area contributed by atoms with Crippen LogP contribution in [0.5, 0.6) is 0 Å². The lowest BCUT2D eigenvalue weighted by molar-refractivity contribution is -0.108. The van der Waals surface area contributed by atoms with E-state index < -0.39 is 7.12 Å². The van der Waals surface area contributed by atoms with Crippen molar-refractivity contribution < 1.29 is 14.5 Å². The first-order chi connectivity index (χ1) is 6.69. The van der Waals surface area contributed by atoms with E-state index in [0.717, 1.165) is 5.57 Å². The summed E-state index contributed by atoms with van der Waals surface area (Å²) in [5.74, 6) is 0. The molecule has 0 aromatic rings. The number of carbonyl (C=O) groups excluding carboxylic acids is 1. The van der Waals surface area contributed by atoms with E-state index in [1.54, 1.807) is 19.1 Å². The van der Waals surface area contributed by atoms with Crippen molar-refractivity contribution in [3.05, 3.63) is 35.5 Å². The van der Waals surface area contributed by atoms with Crippen LogP contribution in [0.25, 0.3) is 0 Å².